The fourth-order valence-corrected chi connectivity index (χ4v) is 1.26. The summed E-state index contributed by atoms with van der Waals surface area (Å²) in [5.74, 6) is 0.0591. The minimum atomic E-state index is -0.455. The first-order valence-electron chi connectivity index (χ1n) is 5.34. The van der Waals surface area contributed by atoms with Crippen LogP contribution < -0.4 is 10.5 Å². The van der Waals surface area contributed by atoms with Gasteiger partial charge in [0.15, 0.2) is 0 Å². The van der Waals surface area contributed by atoms with Gasteiger partial charge in [-0.3, -0.25) is 0 Å². The number of rotatable bonds is 5. The van der Waals surface area contributed by atoms with Gasteiger partial charge < -0.3 is 15.2 Å². The number of nitriles is 1. The summed E-state index contributed by atoms with van der Waals surface area (Å²) in [4.78, 5) is 11.0. The summed E-state index contributed by atoms with van der Waals surface area (Å²) in [6, 6.07) is 6.97. The van der Waals surface area contributed by atoms with Gasteiger partial charge in [0, 0.05) is 18.2 Å². The Morgan fingerprint density at radius 1 is 1.56 bits per heavy atom. The Labute approximate surface area is 105 Å². The number of nitrogens with zero attached hydrogens (tertiary/aromatic N) is 1. The first kappa shape index (κ1) is 13.7. The van der Waals surface area contributed by atoms with Crippen molar-refractivity contribution in [3.05, 3.63) is 35.4 Å². The third kappa shape index (κ3) is 3.92. The van der Waals surface area contributed by atoms with Crippen molar-refractivity contribution < 1.29 is 14.3 Å². The lowest BCUT2D eigenvalue weighted by molar-refractivity contribution is -0.134. The molecule has 1 aromatic rings. The maximum atomic E-state index is 11.0. The number of carbonyl (C=O) groups excluding carboxylic acids is 1. The topological polar surface area (TPSA) is 85.3 Å². The molecule has 0 fully saturated rings. The Hall–Kier alpha value is -2.32. The van der Waals surface area contributed by atoms with Gasteiger partial charge in [-0.05, 0) is 24.3 Å². The number of ether oxygens (including phenoxy) is 2. The van der Waals surface area contributed by atoms with E-state index < -0.39 is 5.97 Å². The quantitative estimate of drug-likeness (QED) is 0.620. The van der Waals surface area contributed by atoms with E-state index in [4.69, 9.17) is 15.7 Å². The van der Waals surface area contributed by atoms with Crippen molar-refractivity contribution in [2.45, 2.75) is 0 Å². The minimum Gasteiger partial charge on any atom is -0.492 e. The summed E-state index contributed by atoms with van der Waals surface area (Å²) in [7, 11) is 1.30. The van der Waals surface area contributed by atoms with Gasteiger partial charge in [-0.2, -0.15) is 5.26 Å². The van der Waals surface area contributed by atoms with Crippen molar-refractivity contribution in [1.82, 2.24) is 0 Å². The van der Waals surface area contributed by atoms with Crippen LogP contribution in [0.4, 0.5) is 0 Å². The molecule has 5 heteroatoms. The van der Waals surface area contributed by atoms with E-state index in [9.17, 15) is 4.79 Å². The van der Waals surface area contributed by atoms with Crippen LogP contribution in [0, 0.1) is 11.3 Å². The third-order valence-electron chi connectivity index (χ3n) is 2.12. The first-order chi connectivity index (χ1) is 8.71. The van der Waals surface area contributed by atoms with Gasteiger partial charge in [-0.15, -0.1) is 0 Å². The Morgan fingerprint density at radius 2 is 2.33 bits per heavy atom. The van der Waals surface area contributed by atoms with Crippen LogP contribution in [-0.2, 0) is 9.53 Å². The highest BCUT2D eigenvalue weighted by Gasteiger charge is 2.03. The largest absolute Gasteiger partial charge is 0.492 e. The number of carbonyl (C=O) groups is 1. The van der Waals surface area contributed by atoms with Gasteiger partial charge in [-0.1, -0.05) is 0 Å². The van der Waals surface area contributed by atoms with E-state index in [1.165, 1.54) is 13.2 Å². The summed E-state index contributed by atoms with van der Waals surface area (Å²) in [6.07, 6.45) is 2.86. The fraction of sp³-hybridized carbons (Fsp3) is 0.231. The fourth-order valence-electron chi connectivity index (χ4n) is 1.26. The Bertz CT molecular complexity index is 489. The molecule has 0 aliphatic heterocycles. The molecule has 0 unspecified atom stereocenters. The highest BCUT2D eigenvalue weighted by Crippen LogP contribution is 2.21. The molecule has 94 valence electrons. The van der Waals surface area contributed by atoms with E-state index >= 15 is 0 Å². The van der Waals surface area contributed by atoms with Crippen LogP contribution in [-0.4, -0.2) is 26.2 Å². The van der Waals surface area contributed by atoms with E-state index in [2.05, 4.69) is 4.74 Å². The van der Waals surface area contributed by atoms with Crippen molar-refractivity contribution in [2.75, 3.05) is 20.3 Å². The van der Waals surface area contributed by atoms with Crippen molar-refractivity contribution in [3.63, 3.8) is 0 Å². The van der Waals surface area contributed by atoms with Crippen molar-refractivity contribution in [3.8, 4) is 11.8 Å². The van der Waals surface area contributed by atoms with Crippen LogP contribution in [0.3, 0.4) is 0 Å². The molecule has 0 heterocycles. The van der Waals surface area contributed by atoms with Crippen LogP contribution >= 0.6 is 0 Å². The smallest absolute Gasteiger partial charge is 0.330 e. The summed E-state index contributed by atoms with van der Waals surface area (Å²) in [5, 5.41) is 8.81. The lowest BCUT2D eigenvalue weighted by atomic mass is 10.1. The van der Waals surface area contributed by atoms with E-state index in [-0.39, 0.29) is 0 Å². The molecule has 2 N–H and O–H groups in total. The summed E-state index contributed by atoms with van der Waals surface area (Å²) in [6.45, 7) is 0.713. The summed E-state index contributed by atoms with van der Waals surface area (Å²) in [5.41, 5.74) is 6.53. The lowest BCUT2D eigenvalue weighted by Gasteiger charge is -2.08. The molecule has 0 aliphatic carbocycles. The van der Waals surface area contributed by atoms with Gasteiger partial charge >= 0.3 is 5.97 Å². The Kier molecular flexibility index (Phi) is 5.42. The second kappa shape index (κ2) is 7.09. The molecule has 0 aliphatic rings. The van der Waals surface area contributed by atoms with Gasteiger partial charge in [0.1, 0.15) is 12.4 Å². The van der Waals surface area contributed by atoms with Crippen molar-refractivity contribution >= 4 is 12.0 Å². The monoisotopic (exact) mass is 246 g/mol. The molecule has 0 aromatic heterocycles. The first-order valence-corrected chi connectivity index (χ1v) is 5.34. The van der Waals surface area contributed by atoms with Gasteiger partial charge in [0.05, 0.1) is 18.7 Å². The predicted octanol–water partition coefficient (Wildman–Crippen LogP) is 1.08. The predicted molar refractivity (Wildman–Crippen MR) is 66.8 cm³/mol. The number of nitrogens with two attached hydrogens (primary N) is 1. The Morgan fingerprint density at radius 3 is 2.94 bits per heavy atom. The minimum absolute atomic E-state index is 0.341. The zero-order chi connectivity index (χ0) is 13.4. The maximum absolute atomic E-state index is 11.0. The lowest BCUT2D eigenvalue weighted by Crippen LogP contribution is -2.11. The van der Waals surface area contributed by atoms with Gasteiger partial charge in [0.2, 0.25) is 0 Å². The average Bonchev–Trinajstić information content (AvgIpc) is 2.42. The van der Waals surface area contributed by atoms with Gasteiger partial charge in [-0.25, -0.2) is 4.79 Å². The van der Waals surface area contributed by atoms with Crippen LogP contribution in [0.15, 0.2) is 24.3 Å². The summed E-state index contributed by atoms with van der Waals surface area (Å²) < 4.78 is 9.91. The average molecular weight is 246 g/mol. The van der Waals surface area contributed by atoms with Crippen molar-refractivity contribution in [2.24, 2.45) is 5.73 Å². The second-order valence-electron chi connectivity index (χ2n) is 3.36. The maximum Gasteiger partial charge on any atom is 0.330 e. The van der Waals surface area contributed by atoms with E-state index in [1.54, 1.807) is 24.3 Å². The molecule has 18 heavy (non-hydrogen) atoms. The number of methoxy groups -OCH3 is 1. The van der Waals surface area contributed by atoms with E-state index in [0.29, 0.717) is 30.0 Å². The second-order valence-corrected chi connectivity index (χ2v) is 3.36. The Balaban J connectivity index is 2.98. The van der Waals surface area contributed by atoms with Crippen LogP contribution in [0.5, 0.6) is 5.75 Å². The standard InChI is InChI=1S/C13H14N2O3/c1-17-13(16)5-4-11-3-2-10(9-15)8-12(11)18-7-6-14/h2-5,8H,6-7,14H2,1H3. The molecule has 0 amide bonds. The molecule has 1 rings (SSSR count). The van der Waals surface area contributed by atoms with E-state index in [0.717, 1.165) is 0 Å². The van der Waals surface area contributed by atoms with Crippen LogP contribution in [0.25, 0.3) is 6.08 Å². The third-order valence-corrected chi connectivity index (χ3v) is 2.12. The van der Waals surface area contributed by atoms with Crippen LogP contribution in [0.2, 0.25) is 0 Å². The van der Waals surface area contributed by atoms with Gasteiger partial charge in [0.25, 0.3) is 0 Å². The van der Waals surface area contributed by atoms with Crippen LogP contribution in [0.1, 0.15) is 11.1 Å². The zero-order valence-electron chi connectivity index (χ0n) is 10.1. The SMILES string of the molecule is COC(=O)C=Cc1ccc(C#N)cc1OCCN. The zero-order valence-corrected chi connectivity index (χ0v) is 10.1. The highest BCUT2D eigenvalue weighted by molar-refractivity contribution is 5.87. The molecule has 0 radical (unpaired) electrons. The molecule has 0 saturated heterocycles. The molecule has 0 bridgehead atoms. The number of hydrogen-bond acceptors (Lipinski definition) is 5. The molecule has 1 aromatic carbocycles. The molecular formula is C13H14N2O3. The summed E-state index contributed by atoms with van der Waals surface area (Å²) >= 11 is 0. The highest BCUT2D eigenvalue weighted by atomic mass is 16.5. The molecule has 0 atom stereocenters. The van der Waals surface area contributed by atoms with E-state index in [1.807, 2.05) is 6.07 Å². The molecular weight excluding hydrogens is 232 g/mol. The molecule has 5 nitrogen and oxygen atoms in total. The molecule has 0 spiro atoms. The number of hydrogen-bond donors (Lipinski definition) is 1. The number of benzene rings is 1. The molecule has 0 saturated carbocycles. The van der Waals surface area contributed by atoms with Crippen molar-refractivity contribution in [1.29, 1.82) is 5.26 Å². The normalized spacial score (nSPS) is 10.1. The number of esters is 1.